The summed E-state index contributed by atoms with van der Waals surface area (Å²) in [6.45, 7) is 28.9. The summed E-state index contributed by atoms with van der Waals surface area (Å²) in [5.41, 5.74) is -4.82. The van der Waals surface area contributed by atoms with Gasteiger partial charge in [0, 0.05) is 42.1 Å². The number of rotatable bonds is 3. The fourth-order valence-electron chi connectivity index (χ4n) is 1.77. The van der Waals surface area contributed by atoms with E-state index in [1.165, 1.54) is 0 Å². The Hall–Kier alpha value is -2.70. The van der Waals surface area contributed by atoms with Crippen LogP contribution in [0.1, 0.15) is 125 Å². The van der Waals surface area contributed by atoms with Gasteiger partial charge in [0.15, 0.2) is 0 Å². The molecule has 3 radical (unpaired) electrons. The SMILES string of the molecule is CC(C)(C)C(=O)OC(=O)C(=O)C(C)(C)C.CC(C)(C)C(=O)OC(=O)C(=O)C(C)(C)C.CC(C)(C)C(=O)OC(=O)C(=O)C(C)(C)C.[In]. The molecule has 0 rings (SSSR count). The van der Waals surface area contributed by atoms with E-state index >= 15 is 0 Å². The van der Waals surface area contributed by atoms with E-state index in [2.05, 4.69) is 14.2 Å². The molecule has 0 saturated carbocycles. The Labute approximate surface area is 292 Å². The average Bonchev–Trinajstić information content (AvgIpc) is 2.79. The molecule has 0 bridgehead atoms. The van der Waals surface area contributed by atoms with Crippen LogP contribution in [0.2, 0.25) is 0 Å². The Balaban J connectivity index is -0.000000285. The van der Waals surface area contributed by atoms with Crippen LogP contribution in [0.5, 0.6) is 0 Å². The topological polar surface area (TPSA) is 181 Å². The number of ketones is 3. The van der Waals surface area contributed by atoms with Crippen molar-refractivity contribution in [2.24, 2.45) is 32.5 Å². The third-order valence-corrected chi connectivity index (χ3v) is 4.99. The molecule has 0 aliphatic carbocycles. The van der Waals surface area contributed by atoms with Gasteiger partial charge in [-0.2, -0.15) is 0 Å². The number of carbonyl (C=O) groups excluding carboxylic acids is 9. The molecular formula is C33H54InO12. The average molecular weight is 758 g/mol. The maximum absolute atomic E-state index is 11.4. The van der Waals surface area contributed by atoms with Gasteiger partial charge < -0.3 is 14.2 Å². The van der Waals surface area contributed by atoms with Crippen LogP contribution in [0.3, 0.4) is 0 Å². The predicted octanol–water partition coefficient (Wildman–Crippen LogP) is 4.77. The molecule has 0 aliphatic rings. The van der Waals surface area contributed by atoms with Gasteiger partial charge in [0.2, 0.25) is 17.3 Å². The van der Waals surface area contributed by atoms with Gasteiger partial charge >= 0.3 is 35.8 Å². The molecule has 261 valence electrons. The monoisotopic (exact) mass is 757 g/mol. The number of hydrogen-bond acceptors (Lipinski definition) is 12. The number of hydrogen-bond donors (Lipinski definition) is 0. The second-order valence-corrected chi connectivity index (χ2v) is 16.5. The Kier molecular flexibility index (Phi) is 19.6. The third kappa shape index (κ3) is 20.4. The van der Waals surface area contributed by atoms with Crippen molar-refractivity contribution in [3.05, 3.63) is 0 Å². The molecule has 0 N–H and O–H groups in total. The minimum Gasteiger partial charge on any atom is -0.387 e. The van der Waals surface area contributed by atoms with Crippen molar-refractivity contribution >= 4 is 79.0 Å². The van der Waals surface area contributed by atoms with E-state index in [1.54, 1.807) is 125 Å². The Morgan fingerprint density at radius 3 is 0.500 bits per heavy atom. The first-order chi connectivity index (χ1) is 19.4. The van der Waals surface area contributed by atoms with Crippen LogP contribution in [0.4, 0.5) is 0 Å². The largest absolute Gasteiger partial charge is 0.387 e. The van der Waals surface area contributed by atoms with Crippen molar-refractivity contribution in [1.82, 2.24) is 0 Å². The van der Waals surface area contributed by atoms with Gasteiger partial charge in [0.25, 0.3) is 0 Å². The molecule has 46 heavy (non-hydrogen) atoms. The standard InChI is InChI=1S/3C11H18O4.In/c3*1-10(2,3)7(12)8(13)15-9(14)11(4,5)6;/h3*1-6H3;. The van der Waals surface area contributed by atoms with Crippen molar-refractivity contribution in [3.8, 4) is 0 Å². The van der Waals surface area contributed by atoms with Crippen molar-refractivity contribution in [2.75, 3.05) is 0 Å². The number of ether oxygens (including phenoxy) is 3. The molecule has 12 nitrogen and oxygen atoms in total. The molecule has 13 heteroatoms. The first-order valence-electron chi connectivity index (χ1n) is 14.3. The van der Waals surface area contributed by atoms with E-state index in [9.17, 15) is 43.2 Å². The zero-order chi connectivity index (χ0) is 37.3. The zero-order valence-electron chi connectivity index (χ0n) is 31.0. The summed E-state index contributed by atoms with van der Waals surface area (Å²) in [7, 11) is 0. The maximum atomic E-state index is 11.4. The Bertz CT molecular complexity index is 1020. The molecular weight excluding hydrogens is 703 g/mol. The molecule has 0 saturated heterocycles. The van der Waals surface area contributed by atoms with E-state index in [0.717, 1.165) is 0 Å². The molecule has 0 heterocycles. The molecule has 0 aliphatic heterocycles. The van der Waals surface area contributed by atoms with Gasteiger partial charge in [-0.1, -0.05) is 62.3 Å². The smallest absolute Gasteiger partial charge is 0.382 e. The Morgan fingerprint density at radius 2 is 0.413 bits per heavy atom. The molecule has 0 aromatic carbocycles. The van der Waals surface area contributed by atoms with E-state index < -0.39 is 85.7 Å². The van der Waals surface area contributed by atoms with Gasteiger partial charge in [-0.05, 0) is 62.3 Å². The molecule has 0 atom stereocenters. The van der Waals surface area contributed by atoms with Crippen LogP contribution in [-0.4, -0.2) is 79.0 Å². The van der Waals surface area contributed by atoms with Crippen LogP contribution >= 0.6 is 0 Å². The predicted molar refractivity (Wildman–Crippen MR) is 171 cm³/mol. The second kappa shape index (κ2) is 18.0. The minimum absolute atomic E-state index is 0. The fraction of sp³-hybridized carbons (Fsp3) is 0.727. The minimum atomic E-state index is -1.08. The van der Waals surface area contributed by atoms with E-state index in [-0.39, 0.29) is 25.8 Å². The number of Topliss-reactive ketones (excluding diaryl/α,β-unsaturated/α-hetero) is 3. The van der Waals surface area contributed by atoms with E-state index in [0.29, 0.717) is 0 Å². The maximum Gasteiger partial charge on any atom is 0.382 e. The van der Waals surface area contributed by atoms with Crippen molar-refractivity contribution in [3.63, 3.8) is 0 Å². The normalized spacial score (nSPS) is 11.9. The van der Waals surface area contributed by atoms with Gasteiger partial charge in [-0.3, -0.25) is 28.8 Å². The summed E-state index contributed by atoms with van der Waals surface area (Å²) in [5, 5.41) is 0. The van der Waals surface area contributed by atoms with Crippen LogP contribution in [0, 0.1) is 32.5 Å². The summed E-state index contributed by atoms with van der Waals surface area (Å²) in [6, 6.07) is 0. The summed E-state index contributed by atoms with van der Waals surface area (Å²) in [4.78, 5) is 102. The molecule has 0 aromatic rings. The number of esters is 6. The summed E-state index contributed by atoms with van der Waals surface area (Å²) >= 11 is 0. The summed E-state index contributed by atoms with van der Waals surface area (Å²) < 4.78 is 13.4. The van der Waals surface area contributed by atoms with Crippen LogP contribution in [-0.2, 0) is 57.4 Å². The summed E-state index contributed by atoms with van der Waals surface area (Å²) in [6.07, 6.45) is 0. The second-order valence-electron chi connectivity index (χ2n) is 16.5. The zero-order valence-corrected chi connectivity index (χ0v) is 34.3. The molecule has 0 fully saturated rings. The van der Waals surface area contributed by atoms with E-state index in [4.69, 9.17) is 0 Å². The van der Waals surface area contributed by atoms with Crippen LogP contribution in [0.25, 0.3) is 0 Å². The Morgan fingerprint density at radius 1 is 0.283 bits per heavy atom. The molecule has 0 aromatic heterocycles. The molecule has 0 unspecified atom stereocenters. The summed E-state index contributed by atoms with van der Waals surface area (Å²) in [5.74, 6) is -7.40. The van der Waals surface area contributed by atoms with Gasteiger partial charge in [0.05, 0.1) is 16.2 Å². The molecule has 0 spiro atoms. The van der Waals surface area contributed by atoms with E-state index in [1.807, 2.05) is 0 Å². The van der Waals surface area contributed by atoms with Crippen molar-refractivity contribution < 1.29 is 57.4 Å². The number of carbonyl (C=O) groups is 9. The third-order valence-electron chi connectivity index (χ3n) is 4.99. The van der Waals surface area contributed by atoms with Crippen molar-refractivity contribution in [1.29, 1.82) is 0 Å². The van der Waals surface area contributed by atoms with Gasteiger partial charge in [-0.15, -0.1) is 0 Å². The molecule has 0 amide bonds. The van der Waals surface area contributed by atoms with Crippen LogP contribution < -0.4 is 0 Å². The first-order valence-corrected chi connectivity index (χ1v) is 14.3. The quantitative estimate of drug-likeness (QED) is 0.167. The van der Waals surface area contributed by atoms with Gasteiger partial charge in [-0.25, -0.2) is 14.4 Å². The van der Waals surface area contributed by atoms with Gasteiger partial charge in [0.1, 0.15) is 0 Å². The first kappa shape index (κ1) is 50.2. The van der Waals surface area contributed by atoms with Crippen molar-refractivity contribution in [2.45, 2.75) is 125 Å². The van der Waals surface area contributed by atoms with Crippen LogP contribution in [0.15, 0.2) is 0 Å². The fourth-order valence-corrected chi connectivity index (χ4v) is 1.77.